The van der Waals surface area contributed by atoms with Crippen LogP contribution in [-0.2, 0) is 13.2 Å². The van der Waals surface area contributed by atoms with E-state index >= 15 is 0 Å². The van der Waals surface area contributed by atoms with Crippen LogP contribution in [0.25, 0.3) is 0 Å². The molecule has 2 heterocycles. The Morgan fingerprint density at radius 1 is 1.47 bits per heavy atom. The molecule has 5 nitrogen and oxygen atoms in total. The van der Waals surface area contributed by atoms with Crippen LogP contribution < -0.4 is 5.32 Å². The Bertz CT molecular complexity index is 285. The number of piperidine rings is 1. The SMILES string of the molecule is Cl.OCc1cn(CC2CCNCC2)nn1. The maximum atomic E-state index is 8.83. The first kappa shape index (κ1) is 12.4. The lowest BCUT2D eigenvalue weighted by Crippen LogP contribution is -2.30. The standard InChI is InChI=1S/C9H16N4O.ClH/c14-7-9-6-13(12-11-9)5-8-1-3-10-4-2-8;/h6,8,10,14H,1-5,7H2;1H. The average Bonchev–Trinajstić information content (AvgIpc) is 2.67. The van der Waals surface area contributed by atoms with Gasteiger partial charge < -0.3 is 10.4 Å². The van der Waals surface area contributed by atoms with Crippen LogP contribution in [0, 0.1) is 5.92 Å². The zero-order chi connectivity index (χ0) is 9.80. The molecule has 0 aromatic carbocycles. The molecule has 0 amide bonds. The van der Waals surface area contributed by atoms with E-state index in [0.29, 0.717) is 11.6 Å². The lowest BCUT2D eigenvalue weighted by atomic mass is 9.98. The van der Waals surface area contributed by atoms with Crippen LogP contribution in [0.4, 0.5) is 0 Å². The van der Waals surface area contributed by atoms with Gasteiger partial charge in [-0.25, -0.2) is 0 Å². The second kappa shape index (κ2) is 6.05. The summed E-state index contributed by atoms with van der Waals surface area (Å²) >= 11 is 0. The summed E-state index contributed by atoms with van der Waals surface area (Å²) in [7, 11) is 0. The van der Waals surface area contributed by atoms with Gasteiger partial charge in [0.15, 0.2) is 0 Å². The van der Waals surface area contributed by atoms with E-state index in [0.717, 1.165) is 19.6 Å². The van der Waals surface area contributed by atoms with Crippen LogP contribution in [0.2, 0.25) is 0 Å². The zero-order valence-corrected chi connectivity index (χ0v) is 9.41. The van der Waals surface area contributed by atoms with Crippen molar-refractivity contribution >= 4 is 12.4 Å². The van der Waals surface area contributed by atoms with Crippen molar-refractivity contribution in [3.8, 4) is 0 Å². The Hall–Kier alpha value is -0.650. The zero-order valence-electron chi connectivity index (χ0n) is 8.59. The average molecular weight is 233 g/mol. The number of hydrogen-bond donors (Lipinski definition) is 2. The van der Waals surface area contributed by atoms with Gasteiger partial charge in [0.2, 0.25) is 0 Å². The Morgan fingerprint density at radius 3 is 2.80 bits per heavy atom. The predicted molar refractivity (Wildman–Crippen MR) is 58.8 cm³/mol. The third-order valence-corrected chi connectivity index (χ3v) is 2.65. The van der Waals surface area contributed by atoms with Gasteiger partial charge in [-0.05, 0) is 31.8 Å². The van der Waals surface area contributed by atoms with Crippen LogP contribution in [0.5, 0.6) is 0 Å². The monoisotopic (exact) mass is 232 g/mol. The summed E-state index contributed by atoms with van der Waals surface area (Å²) < 4.78 is 1.83. The van der Waals surface area contributed by atoms with Crippen molar-refractivity contribution in [2.75, 3.05) is 13.1 Å². The van der Waals surface area contributed by atoms with Crippen LogP contribution in [-0.4, -0.2) is 33.2 Å². The van der Waals surface area contributed by atoms with Gasteiger partial charge >= 0.3 is 0 Å². The Balaban J connectivity index is 0.00000112. The fraction of sp³-hybridized carbons (Fsp3) is 0.778. The summed E-state index contributed by atoms with van der Waals surface area (Å²) in [5.41, 5.74) is 0.652. The summed E-state index contributed by atoms with van der Waals surface area (Å²) in [4.78, 5) is 0. The van der Waals surface area contributed by atoms with Crippen LogP contribution in [0.15, 0.2) is 6.20 Å². The number of aliphatic hydroxyl groups excluding tert-OH is 1. The van der Waals surface area contributed by atoms with Crippen LogP contribution in [0.1, 0.15) is 18.5 Å². The maximum Gasteiger partial charge on any atom is 0.108 e. The first-order valence-corrected chi connectivity index (χ1v) is 5.09. The summed E-state index contributed by atoms with van der Waals surface area (Å²) in [5.74, 6) is 0.699. The Kier molecular flexibility index (Phi) is 5.01. The van der Waals surface area contributed by atoms with Gasteiger partial charge in [-0.3, -0.25) is 4.68 Å². The number of rotatable bonds is 3. The number of aliphatic hydroxyl groups is 1. The van der Waals surface area contributed by atoms with Crippen LogP contribution >= 0.6 is 12.4 Å². The molecule has 6 heteroatoms. The van der Waals surface area contributed by atoms with Crippen molar-refractivity contribution in [3.05, 3.63) is 11.9 Å². The number of aromatic nitrogens is 3. The summed E-state index contributed by atoms with van der Waals surface area (Å²) in [6.07, 6.45) is 4.23. The van der Waals surface area contributed by atoms with Crippen molar-refractivity contribution in [3.63, 3.8) is 0 Å². The van der Waals surface area contributed by atoms with Gasteiger partial charge in [0.1, 0.15) is 5.69 Å². The smallest absolute Gasteiger partial charge is 0.108 e. The van der Waals surface area contributed by atoms with E-state index in [-0.39, 0.29) is 19.0 Å². The normalized spacial score (nSPS) is 17.4. The topological polar surface area (TPSA) is 63.0 Å². The lowest BCUT2D eigenvalue weighted by Gasteiger charge is -2.21. The molecule has 15 heavy (non-hydrogen) atoms. The molecule has 0 spiro atoms. The molecule has 0 saturated carbocycles. The van der Waals surface area contributed by atoms with Crippen molar-refractivity contribution in [2.45, 2.75) is 26.0 Å². The minimum absolute atomic E-state index is 0. The molecule has 0 radical (unpaired) electrons. The van der Waals surface area contributed by atoms with Crippen molar-refractivity contribution in [1.82, 2.24) is 20.3 Å². The summed E-state index contributed by atoms with van der Waals surface area (Å²) in [6.45, 7) is 3.11. The lowest BCUT2D eigenvalue weighted by molar-refractivity contribution is 0.276. The third-order valence-electron chi connectivity index (χ3n) is 2.65. The summed E-state index contributed by atoms with van der Waals surface area (Å²) in [6, 6.07) is 0. The highest BCUT2D eigenvalue weighted by Gasteiger charge is 2.14. The maximum absolute atomic E-state index is 8.83. The molecule has 1 saturated heterocycles. The molecule has 2 N–H and O–H groups in total. The largest absolute Gasteiger partial charge is 0.390 e. The molecule has 0 unspecified atom stereocenters. The van der Waals surface area contributed by atoms with Crippen molar-refractivity contribution < 1.29 is 5.11 Å². The van der Waals surface area contributed by atoms with Crippen molar-refractivity contribution in [2.24, 2.45) is 5.92 Å². The highest BCUT2D eigenvalue weighted by Crippen LogP contribution is 2.13. The molecule has 1 aliphatic heterocycles. The van der Waals surface area contributed by atoms with Gasteiger partial charge in [0.25, 0.3) is 0 Å². The van der Waals surface area contributed by atoms with E-state index < -0.39 is 0 Å². The number of nitrogens with one attached hydrogen (secondary N) is 1. The van der Waals surface area contributed by atoms with Crippen molar-refractivity contribution in [1.29, 1.82) is 0 Å². The number of halogens is 1. The molecule has 1 aliphatic rings. The molecular weight excluding hydrogens is 216 g/mol. The highest BCUT2D eigenvalue weighted by atomic mass is 35.5. The molecule has 1 aromatic heterocycles. The van der Waals surface area contributed by atoms with Gasteiger partial charge in [0.05, 0.1) is 12.8 Å². The predicted octanol–water partition coefficient (Wildman–Crippen LogP) is 0.192. The summed E-state index contributed by atoms with van der Waals surface area (Å²) in [5, 5.41) is 20.0. The molecule has 86 valence electrons. The van der Waals surface area contributed by atoms with E-state index in [1.165, 1.54) is 12.8 Å². The minimum Gasteiger partial charge on any atom is -0.390 e. The van der Waals surface area contributed by atoms with Gasteiger partial charge in [-0.2, -0.15) is 0 Å². The fourth-order valence-corrected chi connectivity index (χ4v) is 1.83. The van der Waals surface area contributed by atoms with Gasteiger partial charge in [-0.1, -0.05) is 5.21 Å². The number of hydrogen-bond acceptors (Lipinski definition) is 4. The Labute approximate surface area is 95.3 Å². The molecule has 0 aliphatic carbocycles. The van der Waals surface area contributed by atoms with E-state index in [2.05, 4.69) is 15.6 Å². The first-order chi connectivity index (χ1) is 6.88. The van der Waals surface area contributed by atoms with Gasteiger partial charge in [0, 0.05) is 6.54 Å². The molecule has 1 aromatic rings. The molecular formula is C9H17ClN4O. The van der Waals surface area contributed by atoms with E-state index in [9.17, 15) is 0 Å². The van der Waals surface area contributed by atoms with E-state index in [1.807, 2.05) is 10.9 Å². The third kappa shape index (κ3) is 3.44. The molecule has 1 fully saturated rings. The van der Waals surface area contributed by atoms with Crippen LogP contribution in [0.3, 0.4) is 0 Å². The molecule has 0 atom stereocenters. The molecule has 0 bridgehead atoms. The molecule has 2 rings (SSSR count). The second-order valence-corrected chi connectivity index (χ2v) is 3.78. The van der Waals surface area contributed by atoms with E-state index in [1.54, 1.807) is 0 Å². The quantitative estimate of drug-likeness (QED) is 0.781. The second-order valence-electron chi connectivity index (χ2n) is 3.78. The fourth-order valence-electron chi connectivity index (χ4n) is 1.83. The highest BCUT2D eigenvalue weighted by molar-refractivity contribution is 5.85. The minimum atomic E-state index is -0.0216. The number of nitrogens with zero attached hydrogens (tertiary/aromatic N) is 3. The Morgan fingerprint density at radius 2 is 2.20 bits per heavy atom. The van der Waals surface area contributed by atoms with Gasteiger partial charge in [-0.15, -0.1) is 17.5 Å². The first-order valence-electron chi connectivity index (χ1n) is 5.09. The van der Waals surface area contributed by atoms with E-state index in [4.69, 9.17) is 5.11 Å².